The van der Waals surface area contributed by atoms with Gasteiger partial charge in [0.15, 0.2) is 0 Å². The number of nitrogens with one attached hydrogen (secondary N) is 1. The summed E-state index contributed by atoms with van der Waals surface area (Å²) in [4.78, 5) is 25.6. The van der Waals surface area contributed by atoms with Gasteiger partial charge in [-0.2, -0.15) is 0 Å². The number of pyridine rings is 1. The van der Waals surface area contributed by atoms with E-state index in [4.69, 9.17) is 16.3 Å². The molecule has 0 aliphatic heterocycles. The molecule has 0 spiro atoms. The van der Waals surface area contributed by atoms with Gasteiger partial charge in [-0.1, -0.05) is 29.8 Å². The lowest BCUT2D eigenvalue weighted by molar-refractivity contribution is 0.0949. The highest BCUT2D eigenvalue weighted by Gasteiger charge is 2.15. The van der Waals surface area contributed by atoms with E-state index in [9.17, 15) is 9.59 Å². The van der Waals surface area contributed by atoms with E-state index in [1.165, 1.54) is 4.57 Å². The second-order valence-electron chi connectivity index (χ2n) is 5.84. The van der Waals surface area contributed by atoms with Crippen molar-refractivity contribution in [1.82, 2.24) is 9.88 Å². The Morgan fingerprint density at radius 1 is 1.12 bits per heavy atom. The molecule has 3 rings (SSSR count). The van der Waals surface area contributed by atoms with Gasteiger partial charge < -0.3 is 10.1 Å². The van der Waals surface area contributed by atoms with E-state index in [-0.39, 0.29) is 11.5 Å². The topological polar surface area (TPSA) is 60.3 Å². The predicted molar refractivity (Wildman–Crippen MR) is 103 cm³/mol. The minimum absolute atomic E-state index is 0.182. The van der Waals surface area contributed by atoms with E-state index in [1.807, 2.05) is 6.07 Å². The normalized spacial score (nSPS) is 10.8. The number of nitrogens with zero attached hydrogens (tertiary/aromatic N) is 1. The number of carbonyl (C=O) groups excluding carboxylic acids is 1. The molecular formula is C20H19ClN2O3. The molecule has 6 heteroatoms. The van der Waals surface area contributed by atoms with Crippen LogP contribution in [-0.4, -0.2) is 30.7 Å². The molecule has 0 fully saturated rings. The Labute approximate surface area is 156 Å². The molecule has 1 heterocycles. The van der Waals surface area contributed by atoms with Crippen LogP contribution in [0.4, 0.5) is 0 Å². The van der Waals surface area contributed by atoms with Crippen LogP contribution in [0.3, 0.4) is 0 Å². The van der Waals surface area contributed by atoms with Gasteiger partial charge in [0.05, 0.1) is 5.56 Å². The maximum atomic E-state index is 12.9. The van der Waals surface area contributed by atoms with E-state index in [1.54, 1.807) is 55.8 Å². The second-order valence-corrected chi connectivity index (χ2v) is 6.28. The Morgan fingerprint density at radius 2 is 1.81 bits per heavy atom. The third-order valence-electron chi connectivity index (χ3n) is 4.08. The summed E-state index contributed by atoms with van der Waals surface area (Å²) < 4.78 is 6.47. The molecule has 0 aliphatic rings. The van der Waals surface area contributed by atoms with Crippen molar-refractivity contribution in [2.75, 3.05) is 20.3 Å². The van der Waals surface area contributed by atoms with Crippen molar-refractivity contribution in [3.63, 3.8) is 0 Å². The summed E-state index contributed by atoms with van der Waals surface area (Å²) in [5, 5.41) is 4.58. The highest BCUT2D eigenvalue weighted by Crippen LogP contribution is 2.19. The monoisotopic (exact) mass is 370 g/mol. The summed E-state index contributed by atoms with van der Waals surface area (Å²) >= 11 is 5.94. The number of hydrogen-bond donors (Lipinski definition) is 1. The number of halogens is 1. The summed E-state index contributed by atoms with van der Waals surface area (Å²) in [6.45, 7) is 1.08. The first-order valence-electron chi connectivity index (χ1n) is 8.29. The van der Waals surface area contributed by atoms with Crippen LogP contribution in [0, 0.1) is 0 Å². The fourth-order valence-corrected chi connectivity index (χ4v) is 2.91. The zero-order chi connectivity index (χ0) is 18.5. The molecule has 1 aromatic heterocycles. The standard InChI is InChI=1S/C20H19ClN2O3/c1-26-12-4-11-22-19(24)18-13-23(15-9-7-14(21)8-10-15)20(25)17-6-3-2-5-16(17)18/h2-3,5-10,13H,4,11-12H2,1H3,(H,22,24). The zero-order valence-electron chi connectivity index (χ0n) is 14.4. The van der Waals surface area contributed by atoms with Gasteiger partial charge in [-0.15, -0.1) is 0 Å². The van der Waals surface area contributed by atoms with Crippen LogP contribution in [0.1, 0.15) is 16.8 Å². The highest BCUT2D eigenvalue weighted by atomic mass is 35.5. The van der Waals surface area contributed by atoms with Gasteiger partial charge in [0.2, 0.25) is 0 Å². The van der Waals surface area contributed by atoms with Gasteiger partial charge in [-0.25, -0.2) is 0 Å². The Bertz CT molecular complexity index is 981. The highest BCUT2D eigenvalue weighted by molar-refractivity contribution is 6.30. The van der Waals surface area contributed by atoms with E-state index < -0.39 is 0 Å². The molecule has 1 N–H and O–H groups in total. The molecule has 0 unspecified atom stereocenters. The summed E-state index contributed by atoms with van der Waals surface area (Å²) in [6, 6.07) is 14.0. The zero-order valence-corrected chi connectivity index (χ0v) is 15.1. The SMILES string of the molecule is COCCCNC(=O)c1cn(-c2ccc(Cl)cc2)c(=O)c2ccccc12. The number of carbonyl (C=O) groups is 1. The predicted octanol–water partition coefficient (Wildman–Crippen LogP) is 3.41. The molecule has 0 aliphatic carbocycles. The quantitative estimate of drug-likeness (QED) is 0.676. The van der Waals surface area contributed by atoms with E-state index in [0.29, 0.717) is 40.2 Å². The summed E-state index contributed by atoms with van der Waals surface area (Å²) in [5.74, 6) is -0.222. The lowest BCUT2D eigenvalue weighted by Crippen LogP contribution is -2.28. The van der Waals surface area contributed by atoms with Crippen molar-refractivity contribution in [3.8, 4) is 5.69 Å². The number of fused-ring (bicyclic) bond motifs is 1. The maximum absolute atomic E-state index is 12.9. The van der Waals surface area contributed by atoms with Crippen LogP contribution >= 0.6 is 11.6 Å². The van der Waals surface area contributed by atoms with Gasteiger partial charge in [0.25, 0.3) is 11.5 Å². The first-order chi connectivity index (χ1) is 12.6. The van der Waals surface area contributed by atoms with Crippen LogP contribution < -0.4 is 10.9 Å². The van der Waals surface area contributed by atoms with Crippen molar-refractivity contribution in [3.05, 3.63) is 75.7 Å². The van der Waals surface area contributed by atoms with Crippen LogP contribution in [-0.2, 0) is 4.74 Å². The van der Waals surface area contributed by atoms with Gasteiger partial charge in [0, 0.05) is 47.9 Å². The maximum Gasteiger partial charge on any atom is 0.262 e. The lowest BCUT2D eigenvalue weighted by Gasteiger charge is -2.13. The molecule has 26 heavy (non-hydrogen) atoms. The fourth-order valence-electron chi connectivity index (χ4n) is 2.78. The van der Waals surface area contributed by atoms with Crippen LogP contribution in [0.25, 0.3) is 16.5 Å². The molecule has 0 saturated heterocycles. The number of benzene rings is 2. The average molecular weight is 371 g/mol. The minimum atomic E-state index is -0.222. The first-order valence-corrected chi connectivity index (χ1v) is 8.67. The van der Waals surface area contributed by atoms with Crippen molar-refractivity contribution in [2.45, 2.75) is 6.42 Å². The second kappa shape index (κ2) is 8.17. The molecule has 0 radical (unpaired) electrons. The summed E-state index contributed by atoms with van der Waals surface area (Å²) in [7, 11) is 1.62. The van der Waals surface area contributed by atoms with E-state index >= 15 is 0 Å². The smallest absolute Gasteiger partial charge is 0.262 e. The third-order valence-corrected chi connectivity index (χ3v) is 4.34. The minimum Gasteiger partial charge on any atom is -0.385 e. The number of methoxy groups -OCH3 is 1. The molecule has 2 aromatic carbocycles. The Hall–Kier alpha value is -2.63. The number of hydrogen-bond acceptors (Lipinski definition) is 3. The van der Waals surface area contributed by atoms with Gasteiger partial charge in [-0.05, 0) is 36.8 Å². The van der Waals surface area contributed by atoms with Crippen molar-refractivity contribution < 1.29 is 9.53 Å². The average Bonchev–Trinajstić information content (AvgIpc) is 2.66. The lowest BCUT2D eigenvalue weighted by atomic mass is 10.1. The van der Waals surface area contributed by atoms with Gasteiger partial charge in [-0.3, -0.25) is 14.2 Å². The van der Waals surface area contributed by atoms with Gasteiger partial charge in [0.1, 0.15) is 0 Å². The largest absolute Gasteiger partial charge is 0.385 e. The number of ether oxygens (including phenoxy) is 1. The molecule has 1 amide bonds. The Kier molecular flexibility index (Phi) is 5.71. The first kappa shape index (κ1) is 18.2. The fraction of sp³-hybridized carbons (Fsp3) is 0.200. The van der Waals surface area contributed by atoms with Gasteiger partial charge >= 0.3 is 0 Å². The molecule has 0 bridgehead atoms. The molecule has 5 nitrogen and oxygen atoms in total. The Morgan fingerprint density at radius 3 is 2.50 bits per heavy atom. The molecule has 0 saturated carbocycles. The van der Waals surface area contributed by atoms with Crippen molar-refractivity contribution in [1.29, 1.82) is 0 Å². The number of amides is 1. The molecule has 134 valence electrons. The number of rotatable bonds is 6. The molecule has 3 aromatic rings. The van der Waals surface area contributed by atoms with Crippen LogP contribution in [0.15, 0.2) is 59.5 Å². The Balaban J connectivity index is 2.07. The van der Waals surface area contributed by atoms with Crippen molar-refractivity contribution >= 4 is 28.3 Å². The molecular weight excluding hydrogens is 352 g/mol. The summed E-state index contributed by atoms with van der Waals surface area (Å²) in [5.41, 5.74) is 0.921. The van der Waals surface area contributed by atoms with E-state index in [0.717, 1.165) is 6.42 Å². The number of aromatic nitrogens is 1. The third kappa shape index (κ3) is 3.79. The summed E-state index contributed by atoms with van der Waals surface area (Å²) in [6.07, 6.45) is 2.30. The van der Waals surface area contributed by atoms with E-state index in [2.05, 4.69) is 5.32 Å². The van der Waals surface area contributed by atoms with Crippen molar-refractivity contribution in [2.24, 2.45) is 0 Å². The van der Waals surface area contributed by atoms with Crippen LogP contribution in [0.2, 0.25) is 5.02 Å². The molecule has 0 atom stereocenters. The van der Waals surface area contributed by atoms with Crippen LogP contribution in [0.5, 0.6) is 0 Å².